The number of hydrogen-bond acceptors (Lipinski definition) is 5. The Morgan fingerprint density at radius 3 is 2.72 bits per heavy atom. The molecule has 96 valence electrons. The Hall–Kier alpha value is -1.33. The van der Waals surface area contributed by atoms with Gasteiger partial charge in [-0.25, -0.2) is 0 Å². The Morgan fingerprint density at radius 1 is 1.22 bits per heavy atom. The molecule has 4 nitrogen and oxygen atoms in total. The Bertz CT molecular complexity index is 467. The molecule has 0 saturated carbocycles. The summed E-state index contributed by atoms with van der Waals surface area (Å²) >= 11 is 1.65. The zero-order chi connectivity index (χ0) is 12.8. The van der Waals surface area contributed by atoms with Gasteiger partial charge in [0.25, 0.3) is 0 Å². The van der Waals surface area contributed by atoms with Gasteiger partial charge in [0.2, 0.25) is 0 Å². The first-order chi connectivity index (χ1) is 8.75. The van der Waals surface area contributed by atoms with Gasteiger partial charge in [-0.2, -0.15) is 0 Å². The fourth-order valence-electron chi connectivity index (χ4n) is 1.55. The van der Waals surface area contributed by atoms with E-state index in [0.717, 1.165) is 35.1 Å². The van der Waals surface area contributed by atoms with Gasteiger partial charge in [0.1, 0.15) is 10.0 Å². The van der Waals surface area contributed by atoms with E-state index in [-0.39, 0.29) is 0 Å². The van der Waals surface area contributed by atoms with E-state index in [9.17, 15) is 0 Å². The predicted octanol–water partition coefficient (Wildman–Crippen LogP) is 2.39. The molecule has 0 aliphatic carbocycles. The van der Waals surface area contributed by atoms with Crippen molar-refractivity contribution < 1.29 is 0 Å². The van der Waals surface area contributed by atoms with Gasteiger partial charge >= 0.3 is 0 Å². The van der Waals surface area contributed by atoms with Crippen LogP contribution in [0.25, 0.3) is 10.6 Å². The number of aromatic nitrogens is 3. The zero-order valence-electron chi connectivity index (χ0n) is 10.8. The summed E-state index contributed by atoms with van der Waals surface area (Å²) in [6, 6.07) is 3.92. The van der Waals surface area contributed by atoms with E-state index in [2.05, 4.69) is 34.3 Å². The third-order valence-electron chi connectivity index (χ3n) is 2.46. The molecular formula is C13H18N4S. The highest BCUT2D eigenvalue weighted by Crippen LogP contribution is 2.22. The number of hydrogen-bond donors (Lipinski definition) is 1. The van der Waals surface area contributed by atoms with Crippen molar-refractivity contribution in [3.63, 3.8) is 0 Å². The Kier molecular flexibility index (Phi) is 4.78. The lowest BCUT2D eigenvalue weighted by Gasteiger charge is -2.05. The van der Waals surface area contributed by atoms with Crippen molar-refractivity contribution in [3.8, 4) is 10.6 Å². The van der Waals surface area contributed by atoms with Crippen molar-refractivity contribution in [2.24, 2.45) is 5.92 Å². The molecule has 0 spiro atoms. The first kappa shape index (κ1) is 13.1. The van der Waals surface area contributed by atoms with Crippen LogP contribution in [0.4, 0.5) is 0 Å². The Balaban J connectivity index is 1.87. The summed E-state index contributed by atoms with van der Waals surface area (Å²) in [5.74, 6) is 0.687. The summed E-state index contributed by atoms with van der Waals surface area (Å²) < 4.78 is 0. The molecule has 2 heterocycles. The first-order valence-electron chi connectivity index (χ1n) is 6.19. The number of rotatable bonds is 6. The Labute approximate surface area is 111 Å². The minimum absolute atomic E-state index is 0.687. The predicted molar refractivity (Wildman–Crippen MR) is 74.6 cm³/mol. The third-order valence-corrected chi connectivity index (χ3v) is 3.49. The van der Waals surface area contributed by atoms with E-state index in [4.69, 9.17) is 0 Å². The van der Waals surface area contributed by atoms with Crippen LogP contribution in [0.2, 0.25) is 0 Å². The number of nitrogens with one attached hydrogen (secondary N) is 1. The summed E-state index contributed by atoms with van der Waals surface area (Å²) in [4.78, 5) is 4.00. The average Bonchev–Trinajstić information content (AvgIpc) is 2.84. The molecule has 0 unspecified atom stereocenters. The number of pyridine rings is 1. The Morgan fingerprint density at radius 2 is 2.00 bits per heavy atom. The SMILES string of the molecule is CC(C)CNCCc1nnc(-c2ccncc2)s1. The topological polar surface area (TPSA) is 50.7 Å². The number of nitrogens with zero attached hydrogens (tertiary/aromatic N) is 3. The maximum atomic E-state index is 4.22. The van der Waals surface area contributed by atoms with Crippen molar-refractivity contribution in [2.45, 2.75) is 20.3 Å². The minimum atomic E-state index is 0.687. The molecule has 0 aromatic carbocycles. The molecule has 2 rings (SSSR count). The lowest BCUT2D eigenvalue weighted by atomic mass is 10.2. The second kappa shape index (κ2) is 6.56. The van der Waals surface area contributed by atoms with Crippen LogP contribution in [0.1, 0.15) is 18.9 Å². The molecule has 5 heteroatoms. The lowest BCUT2D eigenvalue weighted by Crippen LogP contribution is -2.22. The molecule has 2 aromatic heterocycles. The van der Waals surface area contributed by atoms with E-state index < -0.39 is 0 Å². The van der Waals surface area contributed by atoms with Crippen molar-refractivity contribution in [3.05, 3.63) is 29.5 Å². The van der Waals surface area contributed by atoms with Crippen LogP contribution in [0.5, 0.6) is 0 Å². The van der Waals surface area contributed by atoms with E-state index in [1.165, 1.54) is 0 Å². The summed E-state index contributed by atoms with van der Waals surface area (Å²) in [6.45, 7) is 6.43. The second-order valence-corrected chi connectivity index (χ2v) is 5.65. The van der Waals surface area contributed by atoms with Gasteiger partial charge in [-0.3, -0.25) is 4.98 Å². The first-order valence-corrected chi connectivity index (χ1v) is 7.01. The van der Waals surface area contributed by atoms with Crippen LogP contribution < -0.4 is 5.32 Å². The van der Waals surface area contributed by atoms with Gasteiger partial charge in [-0.15, -0.1) is 10.2 Å². The van der Waals surface area contributed by atoms with Crippen molar-refractivity contribution in [2.75, 3.05) is 13.1 Å². The van der Waals surface area contributed by atoms with Gasteiger partial charge in [-0.05, 0) is 24.6 Å². The lowest BCUT2D eigenvalue weighted by molar-refractivity contribution is 0.553. The highest BCUT2D eigenvalue weighted by Gasteiger charge is 2.05. The molecule has 18 heavy (non-hydrogen) atoms. The highest BCUT2D eigenvalue weighted by atomic mass is 32.1. The molecule has 2 aromatic rings. The van der Waals surface area contributed by atoms with Crippen LogP contribution >= 0.6 is 11.3 Å². The quantitative estimate of drug-likeness (QED) is 0.812. The van der Waals surface area contributed by atoms with Gasteiger partial charge in [0.15, 0.2) is 0 Å². The van der Waals surface area contributed by atoms with Crippen LogP contribution in [0.3, 0.4) is 0 Å². The van der Waals surface area contributed by atoms with E-state index >= 15 is 0 Å². The summed E-state index contributed by atoms with van der Waals surface area (Å²) in [5.41, 5.74) is 1.09. The minimum Gasteiger partial charge on any atom is -0.316 e. The fourth-order valence-corrected chi connectivity index (χ4v) is 2.40. The van der Waals surface area contributed by atoms with E-state index in [1.807, 2.05) is 12.1 Å². The van der Waals surface area contributed by atoms with Gasteiger partial charge in [0.05, 0.1) is 0 Å². The summed E-state index contributed by atoms with van der Waals surface area (Å²) in [6.07, 6.45) is 4.50. The maximum absolute atomic E-state index is 4.22. The average molecular weight is 262 g/mol. The van der Waals surface area contributed by atoms with Crippen molar-refractivity contribution in [1.82, 2.24) is 20.5 Å². The normalized spacial score (nSPS) is 11.1. The van der Waals surface area contributed by atoms with Gasteiger partial charge < -0.3 is 5.32 Å². The van der Waals surface area contributed by atoms with Crippen LogP contribution in [0.15, 0.2) is 24.5 Å². The molecule has 0 aliphatic heterocycles. The van der Waals surface area contributed by atoms with Crippen molar-refractivity contribution >= 4 is 11.3 Å². The van der Waals surface area contributed by atoms with Crippen molar-refractivity contribution in [1.29, 1.82) is 0 Å². The van der Waals surface area contributed by atoms with Crippen LogP contribution in [-0.4, -0.2) is 28.3 Å². The molecule has 0 radical (unpaired) electrons. The largest absolute Gasteiger partial charge is 0.316 e. The second-order valence-electron chi connectivity index (χ2n) is 4.58. The fraction of sp³-hybridized carbons (Fsp3) is 0.462. The molecular weight excluding hydrogens is 244 g/mol. The van der Waals surface area contributed by atoms with E-state index in [0.29, 0.717) is 5.92 Å². The summed E-state index contributed by atoms with van der Waals surface area (Å²) in [5, 5.41) is 13.9. The van der Waals surface area contributed by atoms with E-state index in [1.54, 1.807) is 23.7 Å². The zero-order valence-corrected chi connectivity index (χ0v) is 11.6. The van der Waals surface area contributed by atoms with Crippen LogP contribution in [0, 0.1) is 5.92 Å². The third kappa shape index (κ3) is 3.85. The van der Waals surface area contributed by atoms with Gasteiger partial charge in [0, 0.05) is 30.9 Å². The maximum Gasteiger partial charge on any atom is 0.147 e. The molecule has 0 bridgehead atoms. The monoisotopic (exact) mass is 262 g/mol. The molecule has 0 amide bonds. The van der Waals surface area contributed by atoms with Crippen LogP contribution in [-0.2, 0) is 6.42 Å². The highest BCUT2D eigenvalue weighted by molar-refractivity contribution is 7.14. The standard InChI is InChI=1S/C13H18N4S/c1-10(2)9-15-8-5-12-16-17-13(18-12)11-3-6-14-7-4-11/h3-4,6-7,10,15H,5,8-9H2,1-2H3. The van der Waals surface area contributed by atoms with Gasteiger partial charge in [-0.1, -0.05) is 25.2 Å². The smallest absolute Gasteiger partial charge is 0.147 e. The molecule has 1 N–H and O–H groups in total. The molecule has 0 atom stereocenters. The molecule has 0 fully saturated rings. The summed E-state index contributed by atoms with van der Waals surface area (Å²) in [7, 11) is 0. The molecule has 0 aliphatic rings. The molecule has 0 saturated heterocycles.